The van der Waals surface area contributed by atoms with Crippen molar-refractivity contribution in [2.75, 3.05) is 5.32 Å². The molecule has 0 radical (unpaired) electrons. The van der Waals surface area contributed by atoms with E-state index in [2.05, 4.69) is 31.4 Å². The maximum absolute atomic E-state index is 13.3. The highest BCUT2D eigenvalue weighted by Gasteiger charge is 2.08. The number of aromatic nitrogens is 3. The average Bonchev–Trinajstić information content (AvgIpc) is 2.63. The van der Waals surface area contributed by atoms with E-state index in [1.165, 1.54) is 6.07 Å². The lowest BCUT2D eigenvalue weighted by molar-refractivity contribution is 0.620. The molecular formula is C12H14BrFN4. The van der Waals surface area contributed by atoms with Crippen LogP contribution in [0.3, 0.4) is 0 Å². The van der Waals surface area contributed by atoms with E-state index in [1.807, 2.05) is 25.5 Å². The Balaban J connectivity index is 2.16. The zero-order valence-electron chi connectivity index (χ0n) is 10.5. The van der Waals surface area contributed by atoms with Gasteiger partial charge in [0.15, 0.2) is 5.82 Å². The highest BCUT2D eigenvalue weighted by molar-refractivity contribution is 9.10. The first-order valence-corrected chi connectivity index (χ1v) is 6.32. The van der Waals surface area contributed by atoms with Gasteiger partial charge < -0.3 is 9.88 Å². The highest BCUT2D eigenvalue weighted by atomic mass is 79.9. The van der Waals surface area contributed by atoms with Crippen LogP contribution >= 0.6 is 15.9 Å². The summed E-state index contributed by atoms with van der Waals surface area (Å²) in [6.07, 6.45) is 0. The normalized spacial score (nSPS) is 10.7. The lowest BCUT2D eigenvalue weighted by Crippen LogP contribution is -2.07. The number of rotatable bonds is 3. The minimum atomic E-state index is -0.257. The first-order valence-electron chi connectivity index (χ1n) is 5.53. The average molecular weight is 313 g/mol. The van der Waals surface area contributed by atoms with Gasteiger partial charge >= 0.3 is 0 Å². The van der Waals surface area contributed by atoms with E-state index in [1.54, 1.807) is 6.07 Å². The van der Waals surface area contributed by atoms with Crippen LogP contribution in [0.15, 0.2) is 16.6 Å². The van der Waals surface area contributed by atoms with Crippen LogP contribution in [0.5, 0.6) is 0 Å². The van der Waals surface area contributed by atoms with Crippen molar-refractivity contribution in [3.05, 3.63) is 39.6 Å². The van der Waals surface area contributed by atoms with Crippen molar-refractivity contribution >= 4 is 21.6 Å². The summed E-state index contributed by atoms with van der Waals surface area (Å²) in [6.45, 7) is 4.31. The van der Waals surface area contributed by atoms with Crippen molar-refractivity contribution in [1.82, 2.24) is 14.8 Å². The zero-order valence-corrected chi connectivity index (χ0v) is 12.0. The van der Waals surface area contributed by atoms with Gasteiger partial charge in [-0.3, -0.25) is 0 Å². The number of benzene rings is 1. The number of hydrogen-bond acceptors (Lipinski definition) is 3. The Morgan fingerprint density at radius 2 is 2.06 bits per heavy atom. The molecule has 6 heteroatoms. The molecule has 96 valence electrons. The molecule has 2 aromatic rings. The maximum Gasteiger partial charge on any atom is 0.152 e. The van der Waals surface area contributed by atoms with Gasteiger partial charge in [0, 0.05) is 12.7 Å². The van der Waals surface area contributed by atoms with Crippen LogP contribution in [0.2, 0.25) is 0 Å². The molecule has 0 atom stereocenters. The second kappa shape index (κ2) is 5.06. The second-order valence-electron chi connectivity index (χ2n) is 4.16. The lowest BCUT2D eigenvalue weighted by atomic mass is 10.2. The number of anilines is 1. The molecule has 0 aliphatic heterocycles. The summed E-state index contributed by atoms with van der Waals surface area (Å²) in [5.41, 5.74) is 1.73. The van der Waals surface area contributed by atoms with Crippen molar-refractivity contribution in [3.63, 3.8) is 0 Å². The van der Waals surface area contributed by atoms with Crippen molar-refractivity contribution < 1.29 is 4.39 Å². The number of nitrogens with zero attached hydrogens (tertiary/aromatic N) is 3. The molecule has 1 aromatic carbocycles. The SMILES string of the molecule is Cc1cc(F)c(Br)cc1NCc1nnc(C)n1C. The summed E-state index contributed by atoms with van der Waals surface area (Å²) in [4.78, 5) is 0. The molecule has 1 aromatic heterocycles. The Hall–Kier alpha value is -1.43. The monoisotopic (exact) mass is 312 g/mol. The van der Waals surface area contributed by atoms with Crippen molar-refractivity contribution in [3.8, 4) is 0 Å². The first-order chi connectivity index (χ1) is 8.49. The summed E-state index contributed by atoms with van der Waals surface area (Å²) in [6, 6.07) is 3.22. The van der Waals surface area contributed by atoms with E-state index < -0.39 is 0 Å². The molecule has 0 saturated heterocycles. The molecule has 0 amide bonds. The molecule has 1 heterocycles. The van der Waals surface area contributed by atoms with Crippen LogP contribution in [0.25, 0.3) is 0 Å². The number of halogens is 2. The molecule has 0 unspecified atom stereocenters. The summed E-state index contributed by atoms with van der Waals surface area (Å²) in [5.74, 6) is 1.45. The molecule has 0 bridgehead atoms. The van der Waals surface area contributed by atoms with Gasteiger partial charge in [0.2, 0.25) is 0 Å². The number of aryl methyl sites for hydroxylation is 2. The van der Waals surface area contributed by atoms with Crippen LogP contribution in [0, 0.1) is 19.7 Å². The molecule has 0 spiro atoms. The van der Waals surface area contributed by atoms with Crippen LogP contribution in [0.1, 0.15) is 17.2 Å². The fraction of sp³-hybridized carbons (Fsp3) is 0.333. The van der Waals surface area contributed by atoms with E-state index in [4.69, 9.17) is 0 Å². The molecule has 18 heavy (non-hydrogen) atoms. The minimum Gasteiger partial charge on any atom is -0.377 e. The number of nitrogens with one attached hydrogen (secondary N) is 1. The van der Waals surface area contributed by atoms with Gasteiger partial charge in [-0.25, -0.2) is 4.39 Å². The second-order valence-corrected chi connectivity index (χ2v) is 5.01. The lowest BCUT2D eigenvalue weighted by Gasteiger charge is -2.10. The maximum atomic E-state index is 13.3. The Kier molecular flexibility index (Phi) is 3.65. The van der Waals surface area contributed by atoms with E-state index in [0.717, 1.165) is 22.9 Å². The largest absolute Gasteiger partial charge is 0.377 e. The third kappa shape index (κ3) is 2.53. The molecule has 2 rings (SSSR count). The summed E-state index contributed by atoms with van der Waals surface area (Å²) in [7, 11) is 1.92. The van der Waals surface area contributed by atoms with Gasteiger partial charge in [-0.2, -0.15) is 0 Å². The quantitative estimate of drug-likeness (QED) is 0.947. The van der Waals surface area contributed by atoms with Gasteiger partial charge in [-0.05, 0) is 47.5 Å². The van der Waals surface area contributed by atoms with Crippen molar-refractivity contribution in [1.29, 1.82) is 0 Å². The van der Waals surface area contributed by atoms with Crippen LogP contribution in [-0.2, 0) is 13.6 Å². The van der Waals surface area contributed by atoms with Crippen LogP contribution < -0.4 is 5.32 Å². The Labute approximate surface area is 113 Å². The minimum absolute atomic E-state index is 0.257. The third-order valence-electron chi connectivity index (χ3n) is 2.89. The van der Waals surface area contributed by atoms with E-state index >= 15 is 0 Å². The molecular weight excluding hydrogens is 299 g/mol. The van der Waals surface area contributed by atoms with Gasteiger partial charge in [-0.15, -0.1) is 10.2 Å². The Morgan fingerprint density at radius 3 is 2.67 bits per heavy atom. The van der Waals surface area contributed by atoms with Crippen LogP contribution in [0.4, 0.5) is 10.1 Å². The van der Waals surface area contributed by atoms with Gasteiger partial charge in [0.1, 0.15) is 11.6 Å². The van der Waals surface area contributed by atoms with E-state index in [9.17, 15) is 4.39 Å². The zero-order chi connectivity index (χ0) is 13.3. The third-order valence-corrected chi connectivity index (χ3v) is 3.49. The van der Waals surface area contributed by atoms with E-state index in [-0.39, 0.29) is 5.82 Å². The first kappa shape index (κ1) is 13.0. The topological polar surface area (TPSA) is 42.7 Å². The van der Waals surface area contributed by atoms with Crippen molar-refractivity contribution in [2.24, 2.45) is 7.05 Å². The fourth-order valence-corrected chi connectivity index (χ4v) is 1.96. The van der Waals surface area contributed by atoms with Gasteiger partial charge in [0.25, 0.3) is 0 Å². The molecule has 1 N–H and O–H groups in total. The fourth-order valence-electron chi connectivity index (χ4n) is 1.62. The predicted molar refractivity (Wildman–Crippen MR) is 71.9 cm³/mol. The number of hydrogen-bond donors (Lipinski definition) is 1. The molecule has 0 aliphatic carbocycles. The smallest absolute Gasteiger partial charge is 0.152 e. The summed E-state index contributed by atoms with van der Waals surface area (Å²) >= 11 is 3.18. The van der Waals surface area contributed by atoms with Gasteiger partial charge in [-0.1, -0.05) is 0 Å². The van der Waals surface area contributed by atoms with Crippen molar-refractivity contribution in [2.45, 2.75) is 20.4 Å². The van der Waals surface area contributed by atoms with E-state index in [0.29, 0.717) is 11.0 Å². The summed E-state index contributed by atoms with van der Waals surface area (Å²) in [5, 5.41) is 11.3. The van der Waals surface area contributed by atoms with Crippen LogP contribution in [-0.4, -0.2) is 14.8 Å². The standard InChI is InChI=1S/C12H14BrFN4/c1-7-4-10(14)9(13)5-11(7)15-6-12-17-16-8(2)18(12)3/h4-5,15H,6H2,1-3H3. The predicted octanol–water partition coefficient (Wildman–Crippen LogP) is 2.95. The molecule has 0 fully saturated rings. The highest BCUT2D eigenvalue weighted by Crippen LogP contribution is 2.24. The molecule has 0 saturated carbocycles. The molecule has 0 aliphatic rings. The summed E-state index contributed by atoms with van der Waals surface area (Å²) < 4.78 is 15.7. The molecule has 4 nitrogen and oxygen atoms in total. The van der Waals surface area contributed by atoms with Gasteiger partial charge in [0.05, 0.1) is 11.0 Å². The Bertz CT molecular complexity index is 580. The Morgan fingerprint density at radius 1 is 1.33 bits per heavy atom.